The SMILES string of the molecule is COc1ccc(N(C#N)C2OCCO2)cc1. The Morgan fingerprint density at radius 2 is 1.94 bits per heavy atom. The summed E-state index contributed by atoms with van der Waals surface area (Å²) in [5, 5.41) is 9.05. The summed E-state index contributed by atoms with van der Waals surface area (Å²) < 4.78 is 15.6. The average molecular weight is 220 g/mol. The van der Waals surface area contributed by atoms with Gasteiger partial charge < -0.3 is 14.2 Å². The predicted molar refractivity (Wildman–Crippen MR) is 56.8 cm³/mol. The molecule has 16 heavy (non-hydrogen) atoms. The van der Waals surface area contributed by atoms with Gasteiger partial charge in [-0.25, -0.2) is 4.90 Å². The van der Waals surface area contributed by atoms with Crippen LogP contribution < -0.4 is 9.64 Å². The van der Waals surface area contributed by atoms with Crippen LogP contribution in [0, 0.1) is 11.5 Å². The molecular weight excluding hydrogens is 208 g/mol. The topological polar surface area (TPSA) is 54.7 Å². The Kier molecular flexibility index (Phi) is 3.25. The molecule has 0 aliphatic carbocycles. The molecule has 1 heterocycles. The monoisotopic (exact) mass is 220 g/mol. The van der Waals surface area contributed by atoms with E-state index in [1.54, 1.807) is 31.4 Å². The molecule has 2 rings (SSSR count). The van der Waals surface area contributed by atoms with Gasteiger partial charge in [0.1, 0.15) is 5.75 Å². The quantitative estimate of drug-likeness (QED) is 0.568. The van der Waals surface area contributed by atoms with Crippen molar-refractivity contribution in [3.05, 3.63) is 24.3 Å². The minimum absolute atomic E-state index is 0.513. The number of hydrogen-bond donors (Lipinski definition) is 0. The van der Waals surface area contributed by atoms with Gasteiger partial charge >= 0.3 is 0 Å². The number of hydrogen-bond acceptors (Lipinski definition) is 5. The van der Waals surface area contributed by atoms with Gasteiger partial charge in [0.2, 0.25) is 0 Å². The van der Waals surface area contributed by atoms with Crippen LogP contribution in [0.5, 0.6) is 5.75 Å². The molecule has 5 nitrogen and oxygen atoms in total. The molecule has 1 aromatic rings. The maximum atomic E-state index is 9.05. The Hall–Kier alpha value is -1.77. The van der Waals surface area contributed by atoms with Crippen molar-refractivity contribution in [2.24, 2.45) is 0 Å². The average Bonchev–Trinajstić information content (AvgIpc) is 2.85. The summed E-state index contributed by atoms with van der Waals surface area (Å²) in [5.41, 5.74) is 0.718. The zero-order valence-corrected chi connectivity index (χ0v) is 8.92. The highest BCUT2D eigenvalue weighted by atomic mass is 16.7. The van der Waals surface area contributed by atoms with Gasteiger partial charge in [-0.2, -0.15) is 5.26 Å². The fourth-order valence-electron chi connectivity index (χ4n) is 1.46. The third-order valence-corrected chi connectivity index (χ3v) is 2.27. The minimum Gasteiger partial charge on any atom is -0.497 e. The van der Waals surface area contributed by atoms with Crippen molar-refractivity contribution in [1.82, 2.24) is 0 Å². The van der Waals surface area contributed by atoms with Gasteiger partial charge in [0, 0.05) is 0 Å². The molecule has 0 amide bonds. The fraction of sp³-hybridized carbons (Fsp3) is 0.364. The molecule has 1 aliphatic heterocycles. The lowest BCUT2D eigenvalue weighted by molar-refractivity contribution is -0.0347. The standard InChI is InChI=1S/C11H12N2O3/c1-14-10-4-2-9(3-5-10)13(8-12)11-15-6-7-16-11/h2-5,11H,6-7H2,1H3. The number of methoxy groups -OCH3 is 1. The summed E-state index contributed by atoms with van der Waals surface area (Å²) >= 11 is 0. The van der Waals surface area contributed by atoms with E-state index in [9.17, 15) is 0 Å². The third kappa shape index (κ3) is 2.08. The van der Waals surface area contributed by atoms with Gasteiger partial charge in [-0.3, -0.25) is 0 Å². The Balaban J connectivity index is 2.16. The first-order valence-corrected chi connectivity index (χ1v) is 4.91. The second kappa shape index (κ2) is 4.84. The van der Waals surface area contributed by atoms with Crippen LogP contribution >= 0.6 is 0 Å². The van der Waals surface area contributed by atoms with Crippen LogP contribution in [0.1, 0.15) is 0 Å². The normalized spacial score (nSPS) is 15.8. The minimum atomic E-state index is -0.613. The molecule has 1 saturated heterocycles. The first-order valence-electron chi connectivity index (χ1n) is 4.91. The van der Waals surface area contributed by atoms with Crippen LogP contribution in [0.3, 0.4) is 0 Å². The summed E-state index contributed by atoms with van der Waals surface area (Å²) in [6.07, 6.45) is 1.43. The van der Waals surface area contributed by atoms with Gasteiger partial charge in [0.05, 0.1) is 26.0 Å². The highest BCUT2D eigenvalue weighted by molar-refractivity contribution is 5.52. The lowest BCUT2D eigenvalue weighted by Gasteiger charge is -2.20. The molecule has 0 N–H and O–H groups in total. The van der Waals surface area contributed by atoms with E-state index < -0.39 is 6.41 Å². The molecule has 0 atom stereocenters. The Labute approximate surface area is 93.7 Å². The molecular formula is C11H12N2O3. The van der Waals surface area contributed by atoms with Crippen LogP contribution in [0.4, 0.5) is 5.69 Å². The first kappa shape index (κ1) is 10.7. The molecule has 84 valence electrons. The molecule has 0 unspecified atom stereocenters. The first-order chi connectivity index (χ1) is 7.85. The van der Waals surface area contributed by atoms with Gasteiger partial charge in [-0.15, -0.1) is 0 Å². The highest BCUT2D eigenvalue weighted by Crippen LogP contribution is 2.22. The van der Waals surface area contributed by atoms with E-state index in [2.05, 4.69) is 0 Å². The number of ether oxygens (including phenoxy) is 3. The van der Waals surface area contributed by atoms with Crippen molar-refractivity contribution >= 4 is 5.69 Å². The van der Waals surface area contributed by atoms with Crippen LogP contribution in [-0.2, 0) is 9.47 Å². The highest BCUT2D eigenvalue weighted by Gasteiger charge is 2.24. The third-order valence-electron chi connectivity index (χ3n) is 2.27. The predicted octanol–water partition coefficient (Wildman–Crippen LogP) is 1.31. The number of rotatable bonds is 3. The summed E-state index contributed by atoms with van der Waals surface area (Å²) in [6, 6.07) is 7.14. The molecule has 0 aromatic heterocycles. The van der Waals surface area contributed by atoms with Gasteiger partial charge in [-0.05, 0) is 24.3 Å². The van der Waals surface area contributed by atoms with Crippen molar-refractivity contribution in [2.75, 3.05) is 25.2 Å². The van der Waals surface area contributed by atoms with Crippen LogP contribution in [0.25, 0.3) is 0 Å². The number of benzene rings is 1. The molecule has 0 saturated carbocycles. The van der Waals surface area contributed by atoms with E-state index in [4.69, 9.17) is 19.5 Å². The zero-order valence-electron chi connectivity index (χ0n) is 8.92. The Morgan fingerprint density at radius 3 is 2.44 bits per heavy atom. The van der Waals surface area contributed by atoms with Crippen LogP contribution in [0.15, 0.2) is 24.3 Å². The van der Waals surface area contributed by atoms with Crippen molar-refractivity contribution in [3.8, 4) is 11.9 Å². The van der Waals surface area contributed by atoms with Crippen molar-refractivity contribution < 1.29 is 14.2 Å². The van der Waals surface area contributed by atoms with E-state index in [-0.39, 0.29) is 0 Å². The number of nitrogens with zero attached hydrogens (tertiary/aromatic N) is 2. The van der Waals surface area contributed by atoms with Crippen molar-refractivity contribution in [1.29, 1.82) is 5.26 Å². The number of anilines is 1. The second-order valence-electron chi connectivity index (χ2n) is 3.22. The summed E-state index contributed by atoms with van der Waals surface area (Å²) in [4.78, 5) is 1.38. The van der Waals surface area contributed by atoms with E-state index in [0.717, 1.165) is 11.4 Å². The summed E-state index contributed by atoms with van der Waals surface area (Å²) in [7, 11) is 1.60. The maximum Gasteiger partial charge on any atom is 0.253 e. The molecule has 0 bridgehead atoms. The number of nitriles is 1. The lowest BCUT2D eigenvalue weighted by atomic mass is 10.3. The van der Waals surface area contributed by atoms with Gasteiger partial charge in [0.25, 0.3) is 6.41 Å². The fourth-order valence-corrected chi connectivity index (χ4v) is 1.46. The van der Waals surface area contributed by atoms with Crippen molar-refractivity contribution in [3.63, 3.8) is 0 Å². The van der Waals surface area contributed by atoms with Crippen molar-refractivity contribution in [2.45, 2.75) is 6.41 Å². The van der Waals surface area contributed by atoms with E-state index in [1.807, 2.05) is 6.19 Å². The molecule has 1 aliphatic rings. The largest absolute Gasteiger partial charge is 0.497 e. The van der Waals surface area contributed by atoms with Gasteiger partial charge in [-0.1, -0.05) is 0 Å². The van der Waals surface area contributed by atoms with E-state index >= 15 is 0 Å². The summed E-state index contributed by atoms with van der Waals surface area (Å²) in [5.74, 6) is 0.745. The molecule has 0 spiro atoms. The second-order valence-corrected chi connectivity index (χ2v) is 3.22. The zero-order chi connectivity index (χ0) is 11.4. The van der Waals surface area contributed by atoms with Gasteiger partial charge in [0.15, 0.2) is 6.19 Å². The smallest absolute Gasteiger partial charge is 0.253 e. The van der Waals surface area contributed by atoms with Crippen LogP contribution in [-0.4, -0.2) is 26.7 Å². The molecule has 1 fully saturated rings. The Bertz CT molecular complexity index is 379. The molecule has 5 heteroatoms. The van der Waals surface area contributed by atoms with E-state index in [1.165, 1.54) is 4.90 Å². The molecule has 0 radical (unpaired) electrons. The maximum absolute atomic E-state index is 9.05. The molecule has 1 aromatic carbocycles. The Morgan fingerprint density at radius 1 is 1.31 bits per heavy atom. The lowest BCUT2D eigenvalue weighted by Crippen LogP contribution is -2.31. The van der Waals surface area contributed by atoms with E-state index in [0.29, 0.717) is 13.2 Å². The summed E-state index contributed by atoms with van der Waals surface area (Å²) in [6.45, 7) is 1.03. The van der Waals surface area contributed by atoms with Crippen LogP contribution in [0.2, 0.25) is 0 Å².